The Kier molecular flexibility index (Phi) is 4.04. The molecule has 106 valence electrons. The lowest BCUT2D eigenvalue weighted by Gasteiger charge is -2.15. The first-order chi connectivity index (χ1) is 9.20. The molecule has 2 rings (SSSR count). The van der Waals surface area contributed by atoms with E-state index in [1.807, 2.05) is 0 Å². The molecule has 0 aliphatic rings. The molecule has 20 heavy (non-hydrogen) atoms. The molecule has 0 spiro atoms. The molecule has 0 amide bonds. The van der Waals surface area contributed by atoms with E-state index in [2.05, 4.69) is 4.98 Å². The maximum atomic E-state index is 13.0. The molecule has 1 aromatic carbocycles. The molecule has 0 aliphatic carbocycles. The minimum atomic E-state index is -4.61. The number of anilines is 1. The van der Waals surface area contributed by atoms with Crippen molar-refractivity contribution in [3.8, 4) is 11.1 Å². The number of nitrogens with zero attached hydrogens (tertiary/aromatic N) is 1. The highest BCUT2D eigenvalue weighted by Crippen LogP contribution is 2.43. The SMILES string of the molecule is Nc1cc(-c2c(Cl)cc(Cl)cc2Cl)c(C(F)(F)F)cn1. The van der Waals surface area contributed by atoms with Gasteiger partial charge in [0.15, 0.2) is 0 Å². The normalized spacial score (nSPS) is 11.7. The fraction of sp³-hybridized carbons (Fsp3) is 0.0833. The lowest BCUT2D eigenvalue weighted by atomic mass is 10.0. The molecule has 0 saturated heterocycles. The van der Waals surface area contributed by atoms with Gasteiger partial charge in [0.25, 0.3) is 0 Å². The van der Waals surface area contributed by atoms with Crippen LogP contribution in [0, 0.1) is 0 Å². The summed E-state index contributed by atoms with van der Waals surface area (Å²) in [5, 5.41) is 0.219. The van der Waals surface area contributed by atoms with Gasteiger partial charge in [0.2, 0.25) is 0 Å². The van der Waals surface area contributed by atoms with E-state index >= 15 is 0 Å². The zero-order chi connectivity index (χ0) is 15.1. The molecule has 0 fully saturated rings. The number of rotatable bonds is 1. The average Bonchev–Trinajstić information content (AvgIpc) is 2.25. The summed E-state index contributed by atoms with van der Waals surface area (Å²) < 4.78 is 39.0. The van der Waals surface area contributed by atoms with Crippen LogP contribution in [-0.4, -0.2) is 4.98 Å². The first kappa shape index (κ1) is 15.2. The molecule has 0 radical (unpaired) electrons. The van der Waals surface area contributed by atoms with E-state index in [0.717, 1.165) is 6.07 Å². The van der Waals surface area contributed by atoms with Crippen LogP contribution in [0.1, 0.15) is 5.56 Å². The molecule has 0 unspecified atom stereocenters. The first-order valence-corrected chi connectivity index (χ1v) is 6.31. The predicted octanol–water partition coefficient (Wildman–Crippen LogP) is 5.31. The third-order valence-corrected chi connectivity index (χ3v) is 3.32. The Balaban J connectivity index is 2.79. The summed E-state index contributed by atoms with van der Waals surface area (Å²) in [5.74, 6) is -0.0740. The van der Waals surface area contributed by atoms with Crippen molar-refractivity contribution in [2.24, 2.45) is 0 Å². The zero-order valence-corrected chi connectivity index (χ0v) is 11.9. The van der Waals surface area contributed by atoms with Crippen LogP contribution in [0.25, 0.3) is 11.1 Å². The lowest BCUT2D eigenvalue weighted by molar-refractivity contribution is -0.137. The predicted molar refractivity (Wildman–Crippen MR) is 74.1 cm³/mol. The summed E-state index contributed by atoms with van der Waals surface area (Å²) in [7, 11) is 0. The second-order valence-electron chi connectivity index (χ2n) is 3.90. The molecule has 0 bridgehead atoms. The number of benzene rings is 1. The Morgan fingerprint density at radius 3 is 2.05 bits per heavy atom. The van der Waals surface area contributed by atoms with Crippen LogP contribution in [0.2, 0.25) is 15.1 Å². The highest BCUT2D eigenvalue weighted by Gasteiger charge is 2.35. The Morgan fingerprint density at radius 2 is 1.55 bits per heavy atom. The summed E-state index contributed by atoms with van der Waals surface area (Å²) >= 11 is 17.6. The summed E-state index contributed by atoms with van der Waals surface area (Å²) in [6.07, 6.45) is -3.96. The van der Waals surface area contributed by atoms with Crippen LogP contribution in [0.15, 0.2) is 24.4 Å². The molecule has 2 N–H and O–H groups in total. The number of alkyl halides is 3. The van der Waals surface area contributed by atoms with Crippen molar-refractivity contribution in [1.29, 1.82) is 0 Å². The van der Waals surface area contributed by atoms with E-state index in [4.69, 9.17) is 40.5 Å². The fourth-order valence-electron chi connectivity index (χ4n) is 1.70. The molecule has 0 saturated carbocycles. The Bertz CT molecular complexity index is 648. The molecular formula is C12H6Cl3F3N2. The van der Waals surface area contributed by atoms with Gasteiger partial charge in [-0.2, -0.15) is 13.2 Å². The monoisotopic (exact) mass is 340 g/mol. The van der Waals surface area contributed by atoms with Gasteiger partial charge in [-0.25, -0.2) is 4.98 Å². The smallest absolute Gasteiger partial charge is 0.384 e. The lowest BCUT2D eigenvalue weighted by Crippen LogP contribution is -2.09. The standard InChI is InChI=1S/C12H6Cl3F3N2/c13-5-1-8(14)11(9(15)2-5)6-3-10(19)20-4-7(6)12(16,17)18/h1-4H,(H2,19,20). The van der Waals surface area contributed by atoms with Gasteiger partial charge in [0.1, 0.15) is 5.82 Å². The van der Waals surface area contributed by atoms with E-state index in [9.17, 15) is 13.2 Å². The van der Waals surface area contributed by atoms with Crippen molar-refractivity contribution in [3.05, 3.63) is 45.0 Å². The van der Waals surface area contributed by atoms with E-state index in [1.165, 1.54) is 12.1 Å². The molecule has 0 aliphatic heterocycles. The Morgan fingerprint density at radius 1 is 1.00 bits per heavy atom. The first-order valence-electron chi connectivity index (χ1n) is 5.18. The minimum absolute atomic E-state index is 0.00130. The summed E-state index contributed by atoms with van der Waals surface area (Å²) in [5.41, 5.74) is 4.25. The molecule has 2 aromatic rings. The van der Waals surface area contributed by atoms with Crippen LogP contribution in [0.4, 0.5) is 19.0 Å². The second-order valence-corrected chi connectivity index (χ2v) is 5.15. The molecule has 2 nitrogen and oxygen atoms in total. The number of halogens is 6. The van der Waals surface area contributed by atoms with Gasteiger partial charge in [-0.05, 0) is 18.2 Å². The van der Waals surface area contributed by atoms with E-state index in [-0.39, 0.29) is 32.0 Å². The van der Waals surface area contributed by atoms with Crippen molar-refractivity contribution < 1.29 is 13.2 Å². The van der Waals surface area contributed by atoms with Crippen molar-refractivity contribution in [1.82, 2.24) is 4.98 Å². The summed E-state index contributed by atoms with van der Waals surface area (Å²) in [4.78, 5) is 3.45. The van der Waals surface area contributed by atoms with Crippen LogP contribution in [0.3, 0.4) is 0 Å². The van der Waals surface area contributed by atoms with Crippen molar-refractivity contribution >= 4 is 40.6 Å². The van der Waals surface area contributed by atoms with Crippen molar-refractivity contribution in [2.45, 2.75) is 6.18 Å². The fourth-order valence-corrected chi connectivity index (χ4v) is 2.72. The number of hydrogen-bond donors (Lipinski definition) is 1. The van der Waals surface area contributed by atoms with Gasteiger partial charge in [-0.1, -0.05) is 34.8 Å². The molecule has 1 aromatic heterocycles. The summed E-state index contributed by atoms with van der Waals surface area (Å²) in [6.45, 7) is 0. The number of pyridine rings is 1. The molecular weight excluding hydrogens is 335 g/mol. The Labute approximate surface area is 127 Å². The zero-order valence-electron chi connectivity index (χ0n) is 9.60. The van der Waals surface area contributed by atoms with Crippen LogP contribution >= 0.6 is 34.8 Å². The third kappa shape index (κ3) is 2.95. The van der Waals surface area contributed by atoms with Crippen molar-refractivity contribution in [2.75, 3.05) is 5.73 Å². The quantitative estimate of drug-likeness (QED) is 0.763. The maximum absolute atomic E-state index is 13.0. The largest absolute Gasteiger partial charge is 0.418 e. The van der Waals surface area contributed by atoms with Crippen LogP contribution in [-0.2, 0) is 6.18 Å². The van der Waals surface area contributed by atoms with Gasteiger partial charge in [0.05, 0.1) is 15.6 Å². The molecule has 1 heterocycles. The van der Waals surface area contributed by atoms with Crippen molar-refractivity contribution in [3.63, 3.8) is 0 Å². The third-order valence-electron chi connectivity index (χ3n) is 2.51. The van der Waals surface area contributed by atoms with Gasteiger partial charge in [-0.3, -0.25) is 0 Å². The van der Waals surface area contributed by atoms with Crippen LogP contribution in [0.5, 0.6) is 0 Å². The summed E-state index contributed by atoms with van der Waals surface area (Å²) in [6, 6.07) is 3.69. The van der Waals surface area contributed by atoms with Gasteiger partial charge >= 0.3 is 6.18 Å². The van der Waals surface area contributed by atoms with E-state index < -0.39 is 11.7 Å². The van der Waals surface area contributed by atoms with Gasteiger partial charge in [-0.15, -0.1) is 0 Å². The van der Waals surface area contributed by atoms with Gasteiger partial charge in [0, 0.05) is 22.3 Å². The number of aromatic nitrogens is 1. The average molecular weight is 342 g/mol. The number of nitrogen functional groups attached to an aromatic ring is 1. The Hall–Kier alpha value is -1.17. The minimum Gasteiger partial charge on any atom is -0.384 e. The van der Waals surface area contributed by atoms with E-state index in [1.54, 1.807) is 0 Å². The maximum Gasteiger partial charge on any atom is 0.418 e. The highest BCUT2D eigenvalue weighted by molar-refractivity contribution is 6.41. The topological polar surface area (TPSA) is 38.9 Å². The second kappa shape index (κ2) is 5.31. The molecule has 0 atom stereocenters. The van der Waals surface area contributed by atoms with Crippen LogP contribution < -0.4 is 5.73 Å². The molecule has 8 heteroatoms. The highest BCUT2D eigenvalue weighted by atomic mass is 35.5. The number of nitrogens with two attached hydrogens (primary N) is 1. The van der Waals surface area contributed by atoms with Gasteiger partial charge < -0.3 is 5.73 Å². The van der Waals surface area contributed by atoms with E-state index in [0.29, 0.717) is 6.20 Å². The number of hydrogen-bond acceptors (Lipinski definition) is 2.